The smallest absolute Gasteiger partial charge is 0.275 e. The molecule has 2 aromatic heterocycles. The fourth-order valence-electron chi connectivity index (χ4n) is 2.67. The minimum Gasteiger partial charge on any atom is -0.485 e. The zero-order chi connectivity index (χ0) is 19.0. The average molecular weight is 395 g/mol. The average Bonchev–Trinajstić information content (AvgIpc) is 3.29. The molecule has 1 aliphatic rings. The summed E-state index contributed by atoms with van der Waals surface area (Å²) in [5.74, 6) is -1.67. The van der Waals surface area contributed by atoms with Crippen LogP contribution in [0.3, 0.4) is 0 Å². The Balaban J connectivity index is 1.75. The highest BCUT2D eigenvalue weighted by Gasteiger charge is 2.25. The number of nitrogens with one attached hydrogen (secondary N) is 1. The Morgan fingerprint density at radius 3 is 2.96 bits per heavy atom. The number of carbonyl (C=O) groups is 1. The van der Waals surface area contributed by atoms with E-state index in [1.165, 1.54) is 21.5 Å². The van der Waals surface area contributed by atoms with Crippen LogP contribution in [0.4, 0.5) is 8.78 Å². The first-order chi connectivity index (χ1) is 13.1. The summed E-state index contributed by atoms with van der Waals surface area (Å²) in [5.41, 5.74) is 0.819. The molecule has 0 atom stereocenters. The molecule has 2 N–H and O–H groups in total. The van der Waals surface area contributed by atoms with Crippen molar-refractivity contribution in [3.8, 4) is 22.2 Å². The lowest BCUT2D eigenvalue weighted by molar-refractivity contribution is 0.0704. The van der Waals surface area contributed by atoms with Gasteiger partial charge in [0.1, 0.15) is 29.7 Å². The number of carbonyl (C=O) groups excluding carboxylic acids is 1. The zero-order valence-electron chi connectivity index (χ0n) is 13.5. The van der Waals surface area contributed by atoms with Crippen molar-refractivity contribution >= 4 is 17.2 Å². The van der Waals surface area contributed by atoms with Gasteiger partial charge in [-0.2, -0.15) is 0 Å². The van der Waals surface area contributed by atoms with Gasteiger partial charge in [0.2, 0.25) is 0 Å². The van der Waals surface area contributed by atoms with Gasteiger partial charge in [0.15, 0.2) is 17.3 Å². The van der Waals surface area contributed by atoms with Gasteiger partial charge in [0, 0.05) is 17.0 Å². The predicted molar refractivity (Wildman–Crippen MR) is 86.8 cm³/mol. The monoisotopic (exact) mass is 395 g/mol. The van der Waals surface area contributed by atoms with Crippen molar-refractivity contribution in [1.29, 1.82) is 0 Å². The van der Waals surface area contributed by atoms with Crippen molar-refractivity contribution in [2.45, 2.75) is 6.54 Å². The number of halogens is 2. The third-order valence-corrected chi connectivity index (χ3v) is 4.79. The highest BCUT2D eigenvalue weighted by Crippen LogP contribution is 2.44. The molecule has 0 bridgehead atoms. The fourth-order valence-corrected chi connectivity index (χ4v) is 3.59. The van der Waals surface area contributed by atoms with Crippen molar-refractivity contribution in [3.63, 3.8) is 0 Å². The lowest BCUT2D eigenvalue weighted by Crippen LogP contribution is -2.22. The van der Waals surface area contributed by atoms with Crippen LogP contribution < -0.4 is 15.0 Å². The van der Waals surface area contributed by atoms with E-state index in [4.69, 9.17) is 14.7 Å². The van der Waals surface area contributed by atoms with Crippen LogP contribution >= 0.6 is 11.3 Å². The molecule has 4 rings (SSSR count). The van der Waals surface area contributed by atoms with Gasteiger partial charge in [-0.25, -0.2) is 18.9 Å². The SMILES string of the molecule is O=C(NO)c1cc(F)cc(F)c1Cn1nnnc1-c1scc2c1OCCO2. The van der Waals surface area contributed by atoms with Gasteiger partial charge in [-0.3, -0.25) is 10.0 Å². The van der Waals surface area contributed by atoms with Crippen LogP contribution in [0.5, 0.6) is 11.5 Å². The second-order valence-electron chi connectivity index (χ2n) is 5.47. The molecule has 0 unspecified atom stereocenters. The van der Waals surface area contributed by atoms with Crippen molar-refractivity contribution in [3.05, 3.63) is 40.3 Å². The van der Waals surface area contributed by atoms with Crippen LogP contribution in [-0.2, 0) is 6.54 Å². The molecule has 1 amide bonds. The van der Waals surface area contributed by atoms with Crippen molar-refractivity contribution in [2.24, 2.45) is 0 Å². The van der Waals surface area contributed by atoms with E-state index in [-0.39, 0.29) is 23.5 Å². The van der Waals surface area contributed by atoms with Crippen LogP contribution in [-0.4, -0.2) is 44.5 Å². The number of hydrogen-bond donors (Lipinski definition) is 2. The molecule has 3 aromatic rings. The second kappa shape index (κ2) is 6.89. The summed E-state index contributed by atoms with van der Waals surface area (Å²) in [6.07, 6.45) is 0. The molecule has 0 spiro atoms. The van der Waals surface area contributed by atoms with E-state index in [1.54, 1.807) is 5.38 Å². The number of benzene rings is 1. The largest absolute Gasteiger partial charge is 0.485 e. The van der Waals surface area contributed by atoms with Crippen molar-refractivity contribution in [2.75, 3.05) is 13.2 Å². The number of ether oxygens (including phenoxy) is 2. The summed E-state index contributed by atoms with van der Waals surface area (Å²) in [6, 6.07) is 1.45. The first-order valence-electron chi connectivity index (χ1n) is 7.64. The number of hydroxylamine groups is 1. The number of aromatic nitrogens is 4. The van der Waals surface area contributed by atoms with Gasteiger partial charge in [-0.15, -0.1) is 16.4 Å². The molecule has 0 saturated heterocycles. The Kier molecular flexibility index (Phi) is 4.41. The summed E-state index contributed by atoms with van der Waals surface area (Å²) in [7, 11) is 0. The van der Waals surface area contributed by atoms with Crippen LogP contribution in [0, 0.1) is 11.6 Å². The van der Waals surface area contributed by atoms with Crippen LogP contribution in [0.25, 0.3) is 10.7 Å². The summed E-state index contributed by atoms with van der Waals surface area (Å²) < 4.78 is 40.1. The third-order valence-electron chi connectivity index (χ3n) is 3.85. The summed E-state index contributed by atoms with van der Waals surface area (Å²) in [6.45, 7) is 0.519. The summed E-state index contributed by atoms with van der Waals surface area (Å²) in [5, 5.41) is 21.9. The van der Waals surface area contributed by atoms with E-state index in [2.05, 4.69) is 15.5 Å². The van der Waals surface area contributed by atoms with Crippen molar-refractivity contribution in [1.82, 2.24) is 25.7 Å². The van der Waals surface area contributed by atoms with E-state index >= 15 is 0 Å². The molecule has 0 aliphatic carbocycles. The zero-order valence-corrected chi connectivity index (χ0v) is 14.3. The van der Waals surface area contributed by atoms with Gasteiger partial charge in [-0.05, 0) is 16.5 Å². The molecule has 9 nitrogen and oxygen atoms in total. The lowest BCUT2D eigenvalue weighted by atomic mass is 10.1. The molecular formula is C15H11F2N5O4S. The Morgan fingerprint density at radius 2 is 2.15 bits per heavy atom. The fraction of sp³-hybridized carbons (Fsp3) is 0.200. The first kappa shape index (κ1) is 17.3. The maximum atomic E-state index is 14.3. The number of thiophene rings is 1. The van der Waals surface area contributed by atoms with Crippen LogP contribution in [0.15, 0.2) is 17.5 Å². The van der Waals surface area contributed by atoms with E-state index in [9.17, 15) is 13.6 Å². The molecule has 140 valence electrons. The molecule has 0 radical (unpaired) electrons. The Hall–Kier alpha value is -3.12. The minimum absolute atomic E-state index is 0.181. The lowest BCUT2D eigenvalue weighted by Gasteiger charge is -2.16. The topological polar surface area (TPSA) is 111 Å². The van der Waals surface area contributed by atoms with Crippen LogP contribution in [0.1, 0.15) is 15.9 Å². The highest BCUT2D eigenvalue weighted by atomic mass is 32.1. The molecule has 3 heterocycles. The second-order valence-corrected chi connectivity index (χ2v) is 6.35. The molecule has 12 heteroatoms. The molecular weight excluding hydrogens is 384 g/mol. The molecule has 27 heavy (non-hydrogen) atoms. The maximum Gasteiger partial charge on any atom is 0.275 e. The summed E-state index contributed by atoms with van der Waals surface area (Å²) in [4.78, 5) is 12.4. The van der Waals surface area contributed by atoms with Gasteiger partial charge in [0.05, 0.1) is 12.1 Å². The van der Waals surface area contributed by atoms with Gasteiger partial charge < -0.3 is 9.47 Å². The van der Waals surface area contributed by atoms with Gasteiger partial charge >= 0.3 is 0 Å². The van der Waals surface area contributed by atoms with Crippen LogP contribution in [0.2, 0.25) is 0 Å². The van der Waals surface area contributed by atoms with E-state index in [0.29, 0.717) is 35.7 Å². The molecule has 1 aliphatic heterocycles. The number of fused-ring (bicyclic) bond motifs is 1. The Morgan fingerprint density at radius 1 is 1.33 bits per heavy atom. The third kappa shape index (κ3) is 3.08. The van der Waals surface area contributed by atoms with E-state index < -0.39 is 17.5 Å². The van der Waals surface area contributed by atoms with Gasteiger partial charge in [0.25, 0.3) is 5.91 Å². The molecule has 0 fully saturated rings. The normalized spacial score (nSPS) is 12.9. The summed E-state index contributed by atoms with van der Waals surface area (Å²) >= 11 is 1.28. The first-order valence-corrected chi connectivity index (χ1v) is 8.52. The minimum atomic E-state index is -1.05. The van der Waals surface area contributed by atoms with Gasteiger partial charge in [-0.1, -0.05) is 0 Å². The predicted octanol–water partition coefficient (Wildman–Crippen LogP) is 1.62. The van der Waals surface area contributed by atoms with E-state index in [0.717, 1.165) is 6.07 Å². The Bertz CT molecular complexity index is 1020. The molecule has 0 saturated carbocycles. The van der Waals surface area contributed by atoms with Crippen molar-refractivity contribution < 1.29 is 28.3 Å². The van der Waals surface area contributed by atoms with E-state index in [1.807, 2.05) is 0 Å². The molecule has 1 aromatic carbocycles. The number of amides is 1. The Labute approximate surface area is 154 Å². The standard InChI is InChI=1S/C15H11F2N5O4S/c16-7-3-8(15(23)19-24)9(10(17)4-7)5-22-14(18-20-21-22)13-12-11(6-27-13)25-1-2-26-12/h3-4,6,24H,1-2,5H2,(H,19,23). The number of nitrogens with zero attached hydrogens (tertiary/aromatic N) is 4. The maximum absolute atomic E-state index is 14.3. The number of tetrazole rings is 1. The number of hydrogen-bond acceptors (Lipinski definition) is 8. The highest BCUT2D eigenvalue weighted by molar-refractivity contribution is 7.14. The number of rotatable bonds is 4. The quantitative estimate of drug-likeness (QED) is 0.510.